The summed E-state index contributed by atoms with van der Waals surface area (Å²) in [5.41, 5.74) is 8.59. The van der Waals surface area contributed by atoms with E-state index in [0.717, 1.165) is 11.3 Å². The number of nitrogen functional groups attached to an aromatic ring is 1. The second-order valence-electron chi connectivity index (χ2n) is 4.44. The van der Waals surface area contributed by atoms with Crippen LogP contribution in [0.1, 0.15) is 25.8 Å². The fourth-order valence-electron chi connectivity index (χ4n) is 1.63. The average Bonchev–Trinajstić information content (AvgIpc) is 2.21. The highest BCUT2D eigenvalue weighted by Crippen LogP contribution is 2.22. The van der Waals surface area contributed by atoms with E-state index in [1.165, 1.54) is 0 Å². The molecule has 0 aliphatic rings. The lowest BCUT2D eigenvalue weighted by Crippen LogP contribution is -2.31. The van der Waals surface area contributed by atoms with Gasteiger partial charge in [-0.2, -0.15) is 0 Å². The van der Waals surface area contributed by atoms with Gasteiger partial charge in [0.05, 0.1) is 11.4 Å². The Morgan fingerprint density at radius 1 is 1.41 bits per heavy atom. The number of para-hydroxylation sites is 1. The molecule has 0 bridgehead atoms. The van der Waals surface area contributed by atoms with E-state index in [1.54, 1.807) is 0 Å². The fourth-order valence-corrected chi connectivity index (χ4v) is 1.63. The number of hydrogen-bond acceptors (Lipinski definition) is 3. The highest BCUT2D eigenvalue weighted by Gasteiger charge is 2.05. The highest BCUT2D eigenvalue weighted by atomic mass is 16.1. The first-order chi connectivity index (χ1) is 8.00. The molecule has 0 aromatic heterocycles. The second kappa shape index (κ2) is 6.13. The van der Waals surface area contributed by atoms with Crippen LogP contribution in [0.25, 0.3) is 0 Å². The van der Waals surface area contributed by atoms with Gasteiger partial charge in [-0.25, -0.2) is 0 Å². The summed E-state index contributed by atoms with van der Waals surface area (Å²) < 4.78 is 0. The van der Waals surface area contributed by atoms with Crippen molar-refractivity contribution in [2.24, 2.45) is 0 Å². The zero-order valence-corrected chi connectivity index (χ0v) is 10.7. The van der Waals surface area contributed by atoms with Gasteiger partial charge in [-0.1, -0.05) is 12.1 Å². The van der Waals surface area contributed by atoms with Crippen molar-refractivity contribution in [2.75, 3.05) is 17.6 Å². The van der Waals surface area contributed by atoms with Crippen LogP contribution in [-0.2, 0) is 4.79 Å². The van der Waals surface area contributed by atoms with Crippen molar-refractivity contribution in [1.82, 2.24) is 5.32 Å². The molecule has 0 aliphatic carbocycles. The maximum atomic E-state index is 11.4. The standard InChI is InChI=1S/C13H21N3O/c1-9(2)16-12(17)7-8-15-13-10(3)5-4-6-11(13)14/h4-6,9,15H,7-8,14H2,1-3H3,(H,16,17). The normalized spacial score (nSPS) is 10.4. The van der Waals surface area contributed by atoms with Gasteiger partial charge in [0.25, 0.3) is 0 Å². The zero-order valence-electron chi connectivity index (χ0n) is 10.7. The fraction of sp³-hybridized carbons (Fsp3) is 0.462. The minimum atomic E-state index is 0.0552. The Kier molecular flexibility index (Phi) is 4.82. The van der Waals surface area contributed by atoms with Crippen molar-refractivity contribution in [1.29, 1.82) is 0 Å². The molecule has 0 spiro atoms. The maximum absolute atomic E-state index is 11.4. The van der Waals surface area contributed by atoms with Gasteiger partial charge >= 0.3 is 0 Å². The molecule has 17 heavy (non-hydrogen) atoms. The third-order valence-electron chi connectivity index (χ3n) is 2.41. The molecular weight excluding hydrogens is 214 g/mol. The Bertz CT molecular complexity index is 368. The molecule has 94 valence electrons. The summed E-state index contributed by atoms with van der Waals surface area (Å²) in [6, 6.07) is 5.95. The molecule has 1 rings (SSSR count). The third kappa shape index (κ3) is 4.34. The van der Waals surface area contributed by atoms with Crippen LogP contribution in [0, 0.1) is 6.92 Å². The Balaban J connectivity index is 2.43. The van der Waals surface area contributed by atoms with Gasteiger partial charge < -0.3 is 16.4 Å². The largest absolute Gasteiger partial charge is 0.397 e. The minimum Gasteiger partial charge on any atom is -0.397 e. The van der Waals surface area contributed by atoms with E-state index in [9.17, 15) is 4.79 Å². The van der Waals surface area contributed by atoms with Crippen LogP contribution in [-0.4, -0.2) is 18.5 Å². The Morgan fingerprint density at radius 3 is 2.71 bits per heavy atom. The molecule has 1 amide bonds. The lowest BCUT2D eigenvalue weighted by atomic mass is 10.1. The van der Waals surface area contributed by atoms with E-state index in [2.05, 4.69) is 10.6 Å². The van der Waals surface area contributed by atoms with Crippen molar-refractivity contribution in [3.05, 3.63) is 23.8 Å². The summed E-state index contributed by atoms with van der Waals surface area (Å²) in [7, 11) is 0. The molecule has 1 aromatic rings. The molecule has 4 N–H and O–H groups in total. The number of aryl methyl sites for hydroxylation is 1. The van der Waals surface area contributed by atoms with Gasteiger partial charge in [-0.15, -0.1) is 0 Å². The van der Waals surface area contributed by atoms with Crippen molar-refractivity contribution < 1.29 is 4.79 Å². The zero-order chi connectivity index (χ0) is 12.8. The van der Waals surface area contributed by atoms with Gasteiger partial charge in [0, 0.05) is 19.0 Å². The second-order valence-corrected chi connectivity index (χ2v) is 4.44. The van der Waals surface area contributed by atoms with Gasteiger partial charge in [-0.3, -0.25) is 4.79 Å². The molecule has 0 saturated heterocycles. The highest BCUT2D eigenvalue weighted by molar-refractivity contribution is 5.77. The molecule has 4 heteroatoms. The van der Waals surface area contributed by atoms with E-state index in [0.29, 0.717) is 18.7 Å². The third-order valence-corrected chi connectivity index (χ3v) is 2.41. The molecule has 0 unspecified atom stereocenters. The van der Waals surface area contributed by atoms with Crippen LogP contribution in [0.2, 0.25) is 0 Å². The predicted molar refractivity (Wildman–Crippen MR) is 72.0 cm³/mol. The Morgan fingerprint density at radius 2 is 2.12 bits per heavy atom. The van der Waals surface area contributed by atoms with Crippen LogP contribution in [0.5, 0.6) is 0 Å². The van der Waals surface area contributed by atoms with Gasteiger partial charge in [0.1, 0.15) is 0 Å². The van der Waals surface area contributed by atoms with Crippen LogP contribution >= 0.6 is 0 Å². The van der Waals surface area contributed by atoms with Crippen LogP contribution in [0.3, 0.4) is 0 Å². The van der Waals surface area contributed by atoms with Crippen molar-refractivity contribution >= 4 is 17.3 Å². The SMILES string of the molecule is Cc1cccc(N)c1NCCC(=O)NC(C)C. The summed E-state index contributed by atoms with van der Waals surface area (Å²) in [6.45, 7) is 6.48. The number of benzene rings is 1. The quantitative estimate of drug-likeness (QED) is 0.683. The van der Waals surface area contributed by atoms with E-state index in [-0.39, 0.29) is 11.9 Å². The molecule has 4 nitrogen and oxygen atoms in total. The average molecular weight is 235 g/mol. The number of amides is 1. The maximum Gasteiger partial charge on any atom is 0.221 e. The van der Waals surface area contributed by atoms with Crippen LogP contribution in [0.4, 0.5) is 11.4 Å². The first-order valence-electron chi connectivity index (χ1n) is 5.89. The Labute approximate surface area is 103 Å². The number of nitrogens with one attached hydrogen (secondary N) is 2. The van der Waals surface area contributed by atoms with Crippen molar-refractivity contribution in [2.45, 2.75) is 33.2 Å². The van der Waals surface area contributed by atoms with E-state index >= 15 is 0 Å². The monoisotopic (exact) mass is 235 g/mol. The summed E-state index contributed by atoms with van der Waals surface area (Å²) >= 11 is 0. The van der Waals surface area contributed by atoms with E-state index in [4.69, 9.17) is 5.73 Å². The first kappa shape index (κ1) is 13.4. The Hall–Kier alpha value is -1.71. The summed E-state index contributed by atoms with van der Waals surface area (Å²) in [6.07, 6.45) is 0.450. The molecular formula is C13H21N3O. The van der Waals surface area contributed by atoms with Gasteiger partial charge in [-0.05, 0) is 32.4 Å². The minimum absolute atomic E-state index is 0.0552. The molecule has 0 radical (unpaired) electrons. The number of nitrogens with two attached hydrogens (primary N) is 1. The number of carbonyl (C=O) groups excluding carboxylic acids is 1. The molecule has 0 aliphatic heterocycles. The number of anilines is 2. The van der Waals surface area contributed by atoms with Crippen molar-refractivity contribution in [3.63, 3.8) is 0 Å². The predicted octanol–water partition coefficient (Wildman–Crippen LogP) is 1.90. The summed E-state index contributed by atoms with van der Waals surface area (Å²) in [5, 5.41) is 6.05. The van der Waals surface area contributed by atoms with Gasteiger partial charge in [0.2, 0.25) is 5.91 Å². The smallest absolute Gasteiger partial charge is 0.221 e. The topological polar surface area (TPSA) is 67.1 Å². The molecule has 0 atom stereocenters. The van der Waals surface area contributed by atoms with E-state index < -0.39 is 0 Å². The lowest BCUT2D eigenvalue weighted by molar-refractivity contribution is -0.121. The van der Waals surface area contributed by atoms with E-state index in [1.807, 2.05) is 39.0 Å². The van der Waals surface area contributed by atoms with Gasteiger partial charge in [0.15, 0.2) is 0 Å². The van der Waals surface area contributed by atoms with Crippen molar-refractivity contribution in [3.8, 4) is 0 Å². The molecule has 0 fully saturated rings. The summed E-state index contributed by atoms with van der Waals surface area (Å²) in [4.78, 5) is 11.4. The number of carbonyl (C=O) groups is 1. The first-order valence-corrected chi connectivity index (χ1v) is 5.89. The number of rotatable bonds is 5. The van der Waals surface area contributed by atoms with Crippen LogP contribution in [0.15, 0.2) is 18.2 Å². The molecule has 0 saturated carbocycles. The number of hydrogen-bond donors (Lipinski definition) is 3. The summed E-state index contributed by atoms with van der Waals surface area (Å²) in [5.74, 6) is 0.0552. The van der Waals surface area contributed by atoms with Crippen LogP contribution < -0.4 is 16.4 Å². The lowest BCUT2D eigenvalue weighted by Gasteiger charge is -2.13. The molecule has 1 aromatic carbocycles. The molecule has 0 heterocycles.